The topological polar surface area (TPSA) is 30.0 Å². The molecule has 1 nitrogen and oxygen atoms in total. The maximum Gasteiger partial charge on any atom is 0.0967 e. The summed E-state index contributed by atoms with van der Waals surface area (Å²) in [5, 5.41) is 0.194. The standard InChI is InChI=1S/CH2Cl2.H2O/c2-1-3;/h1H2;1H2/p-1. The summed E-state index contributed by atoms with van der Waals surface area (Å²) in [4.78, 5) is 0. The van der Waals surface area contributed by atoms with Gasteiger partial charge in [0, 0.05) is 0 Å². The highest BCUT2D eigenvalue weighted by Gasteiger charge is 1.41. The molecule has 28 valence electrons. The van der Waals surface area contributed by atoms with Crippen molar-refractivity contribution < 1.29 is 5.48 Å². The molecule has 0 saturated heterocycles. The van der Waals surface area contributed by atoms with Crippen molar-refractivity contribution in [3.8, 4) is 0 Å². The number of hydrogen-bond acceptors (Lipinski definition) is 1. The summed E-state index contributed by atoms with van der Waals surface area (Å²) in [6.07, 6.45) is 0. The minimum absolute atomic E-state index is 0. The molecule has 0 aromatic rings. The van der Waals surface area contributed by atoms with Crippen molar-refractivity contribution in [2.45, 2.75) is 0 Å². The molecule has 0 atom stereocenters. The summed E-state index contributed by atoms with van der Waals surface area (Å²) in [6, 6.07) is 0. The van der Waals surface area contributed by atoms with Gasteiger partial charge in [-0.1, -0.05) is 0 Å². The fourth-order valence-corrected chi connectivity index (χ4v) is 0. The predicted octanol–water partition coefficient (Wildman–Crippen LogP) is 1.24. The lowest BCUT2D eigenvalue weighted by Gasteiger charge is -1.42. The van der Waals surface area contributed by atoms with Crippen molar-refractivity contribution in [2.24, 2.45) is 0 Å². The Morgan fingerprint density at radius 2 is 1.25 bits per heavy atom. The quantitative estimate of drug-likeness (QED) is 0.423. The van der Waals surface area contributed by atoms with Gasteiger partial charge < -0.3 is 5.48 Å². The second-order valence-electron chi connectivity index (χ2n) is 0.101. The first-order chi connectivity index (χ1) is 1.41. The SMILES string of the molecule is ClCCl.[OH-]. The van der Waals surface area contributed by atoms with Crippen molar-refractivity contribution in [2.75, 3.05) is 5.34 Å². The summed E-state index contributed by atoms with van der Waals surface area (Å²) in [7, 11) is 0. The van der Waals surface area contributed by atoms with Gasteiger partial charge in [-0.25, -0.2) is 0 Å². The van der Waals surface area contributed by atoms with Gasteiger partial charge in [-0.15, -0.1) is 23.2 Å². The number of hydrogen-bond donors (Lipinski definition) is 0. The predicted molar refractivity (Wildman–Crippen MR) is 18.5 cm³/mol. The lowest BCUT2D eigenvalue weighted by atomic mass is 11.9. The first-order valence-electron chi connectivity index (χ1n) is 0.535. The van der Waals surface area contributed by atoms with Gasteiger partial charge in [0.15, 0.2) is 0 Å². The largest absolute Gasteiger partial charge is 0.870 e. The molecule has 0 amide bonds. The fraction of sp³-hybridized carbons (Fsp3) is 1.00. The fourth-order valence-electron chi connectivity index (χ4n) is 0. The molecule has 0 rings (SSSR count). The van der Waals surface area contributed by atoms with E-state index in [0.29, 0.717) is 0 Å². The zero-order valence-corrected chi connectivity index (χ0v) is 3.42. The molecule has 0 heterocycles. The molecule has 4 heavy (non-hydrogen) atoms. The van der Waals surface area contributed by atoms with E-state index in [1.165, 1.54) is 0 Å². The summed E-state index contributed by atoms with van der Waals surface area (Å²) in [6.45, 7) is 0. The van der Waals surface area contributed by atoms with Crippen LogP contribution in [0.5, 0.6) is 0 Å². The van der Waals surface area contributed by atoms with Crippen LogP contribution in [0.1, 0.15) is 0 Å². The normalized spacial score (nSPS) is 4.50. The number of alkyl halides is 2. The Labute approximate surface area is 34.8 Å². The first kappa shape index (κ1) is 8.82. The Balaban J connectivity index is 0. The van der Waals surface area contributed by atoms with Crippen LogP contribution in [0.4, 0.5) is 0 Å². The van der Waals surface area contributed by atoms with Gasteiger partial charge in [0.05, 0.1) is 5.34 Å². The van der Waals surface area contributed by atoms with E-state index in [2.05, 4.69) is 0 Å². The Morgan fingerprint density at radius 1 is 1.25 bits per heavy atom. The molecular formula is CH3Cl2O-. The van der Waals surface area contributed by atoms with E-state index in [1.54, 1.807) is 0 Å². The van der Waals surface area contributed by atoms with E-state index in [-0.39, 0.29) is 10.8 Å². The molecule has 3 heteroatoms. The molecule has 0 unspecified atom stereocenters. The maximum atomic E-state index is 4.76. The highest BCUT2D eigenvalue weighted by atomic mass is 35.5. The summed E-state index contributed by atoms with van der Waals surface area (Å²) >= 11 is 9.53. The van der Waals surface area contributed by atoms with E-state index < -0.39 is 0 Å². The molecule has 0 aliphatic heterocycles. The molecule has 0 aliphatic rings. The average Bonchev–Trinajstić information content (AvgIpc) is 0.918. The second-order valence-corrected chi connectivity index (χ2v) is 0.909. The van der Waals surface area contributed by atoms with Gasteiger partial charge in [0.25, 0.3) is 0 Å². The van der Waals surface area contributed by atoms with Crippen LogP contribution in [-0.2, 0) is 0 Å². The Kier molecular flexibility index (Phi) is 21.2. The molecule has 0 fully saturated rings. The van der Waals surface area contributed by atoms with Crippen LogP contribution in [-0.4, -0.2) is 10.8 Å². The third-order valence-corrected chi connectivity index (χ3v) is 0. The molecule has 0 bridgehead atoms. The molecule has 0 radical (unpaired) electrons. The van der Waals surface area contributed by atoms with Gasteiger partial charge in [0.2, 0.25) is 0 Å². The van der Waals surface area contributed by atoms with Crippen molar-refractivity contribution in [1.29, 1.82) is 0 Å². The average molecular weight is 102 g/mol. The minimum Gasteiger partial charge on any atom is -0.870 e. The highest BCUT2D eigenvalue weighted by Crippen LogP contribution is 1.73. The molecule has 1 N–H and O–H groups in total. The van der Waals surface area contributed by atoms with E-state index in [0.717, 1.165) is 0 Å². The van der Waals surface area contributed by atoms with Crippen molar-refractivity contribution in [3.63, 3.8) is 0 Å². The van der Waals surface area contributed by atoms with E-state index in [9.17, 15) is 0 Å². The molecule has 0 saturated carbocycles. The molecule has 0 aliphatic carbocycles. The molecule has 0 aromatic carbocycles. The molecule has 0 spiro atoms. The van der Waals surface area contributed by atoms with Gasteiger partial charge in [0.1, 0.15) is 0 Å². The van der Waals surface area contributed by atoms with Crippen LogP contribution in [0.3, 0.4) is 0 Å². The van der Waals surface area contributed by atoms with Gasteiger partial charge >= 0.3 is 0 Å². The highest BCUT2D eigenvalue weighted by molar-refractivity contribution is 6.40. The Hall–Kier alpha value is 0.540. The van der Waals surface area contributed by atoms with Crippen molar-refractivity contribution >= 4 is 23.2 Å². The van der Waals surface area contributed by atoms with Crippen LogP contribution in [0.25, 0.3) is 0 Å². The van der Waals surface area contributed by atoms with Crippen molar-refractivity contribution in [1.82, 2.24) is 0 Å². The van der Waals surface area contributed by atoms with Crippen LogP contribution in [0.15, 0.2) is 0 Å². The molecule has 0 aromatic heterocycles. The Morgan fingerprint density at radius 3 is 1.25 bits per heavy atom. The number of halogens is 2. The first-order valence-corrected chi connectivity index (χ1v) is 1.60. The van der Waals surface area contributed by atoms with Gasteiger partial charge in [-0.05, 0) is 0 Å². The summed E-state index contributed by atoms with van der Waals surface area (Å²) < 4.78 is 0. The zero-order chi connectivity index (χ0) is 2.71. The van der Waals surface area contributed by atoms with Crippen LogP contribution < -0.4 is 0 Å². The summed E-state index contributed by atoms with van der Waals surface area (Å²) in [5.41, 5.74) is 0. The van der Waals surface area contributed by atoms with Crippen LogP contribution in [0, 0.1) is 0 Å². The smallest absolute Gasteiger partial charge is 0.0967 e. The van der Waals surface area contributed by atoms with E-state index >= 15 is 0 Å². The van der Waals surface area contributed by atoms with E-state index in [1.807, 2.05) is 0 Å². The molecular weight excluding hydrogens is 98.9 g/mol. The minimum atomic E-state index is 0. The van der Waals surface area contributed by atoms with Crippen molar-refractivity contribution in [3.05, 3.63) is 0 Å². The van der Waals surface area contributed by atoms with E-state index in [4.69, 9.17) is 23.2 Å². The second kappa shape index (κ2) is 9.63. The Bertz CT molecular complexity index is 6.00. The summed E-state index contributed by atoms with van der Waals surface area (Å²) in [5.74, 6) is 0. The van der Waals surface area contributed by atoms with Gasteiger partial charge in [-0.2, -0.15) is 0 Å². The van der Waals surface area contributed by atoms with Crippen LogP contribution in [0.2, 0.25) is 0 Å². The van der Waals surface area contributed by atoms with Crippen LogP contribution >= 0.6 is 23.2 Å². The zero-order valence-electron chi connectivity index (χ0n) is 1.91. The monoisotopic (exact) mass is 101 g/mol. The maximum absolute atomic E-state index is 4.76. The third kappa shape index (κ3) is 20.7. The third-order valence-electron chi connectivity index (χ3n) is 0. The van der Waals surface area contributed by atoms with Gasteiger partial charge in [-0.3, -0.25) is 0 Å². The number of rotatable bonds is 0. The lowest BCUT2D eigenvalue weighted by molar-refractivity contribution is 0.824. The lowest BCUT2D eigenvalue weighted by Crippen LogP contribution is -1.24.